The average molecular weight is 324 g/mol. The summed E-state index contributed by atoms with van der Waals surface area (Å²) in [5.74, 6) is 0.568. The van der Waals surface area contributed by atoms with E-state index in [2.05, 4.69) is 15.3 Å². The third kappa shape index (κ3) is 3.34. The third-order valence-electron chi connectivity index (χ3n) is 3.07. The molecule has 9 heteroatoms. The van der Waals surface area contributed by atoms with E-state index in [-0.39, 0.29) is 18.4 Å². The Labute approximate surface area is 128 Å². The molecule has 1 aromatic carbocycles. The van der Waals surface area contributed by atoms with Gasteiger partial charge in [-0.15, -0.1) is 0 Å². The lowest BCUT2D eigenvalue weighted by atomic mass is 10.1. The molecule has 0 unspecified atom stereocenters. The van der Waals surface area contributed by atoms with Crippen LogP contribution < -0.4 is 5.32 Å². The smallest absolute Gasteiger partial charge is 0.416 e. The van der Waals surface area contributed by atoms with Crippen LogP contribution in [0.3, 0.4) is 0 Å². The molecule has 0 radical (unpaired) electrons. The number of aliphatic imine (C=N–C) groups is 1. The van der Waals surface area contributed by atoms with Gasteiger partial charge in [0.2, 0.25) is 0 Å². The minimum absolute atomic E-state index is 0.0855. The van der Waals surface area contributed by atoms with Gasteiger partial charge in [0.05, 0.1) is 24.5 Å². The Bertz CT molecular complexity index is 750. The Balaban J connectivity index is 1.77. The first kappa shape index (κ1) is 15.1. The van der Waals surface area contributed by atoms with Crippen LogP contribution in [0.5, 0.6) is 0 Å². The molecule has 1 aliphatic heterocycles. The highest BCUT2D eigenvalue weighted by Crippen LogP contribution is 2.31. The van der Waals surface area contributed by atoms with E-state index in [1.165, 1.54) is 30.7 Å². The number of halogens is 3. The van der Waals surface area contributed by atoms with E-state index in [9.17, 15) is 18.4 Å². The summed E-state index contributed by atoms with van der Waals surface area (Å²) in [5, 5.41) is 13.2. The molecule has 1 aliphatic rings. The lowest BCUT2D eigenvalue weighted by Crippen LogP contribution is -2.27. The Morgan fingerprint density at radius 3 is 2.61 bits per heavy atom. The van der Waals surface area contributed by atoms with Crippen molar-refractivity contribution in [2.75, 3.05) is 11.9 Å². The van der Waals surface area contributed by atoms with Crippen LogP contribution in [0.1, 0.15) is 5.56 Å². The molecule has 0 spiro atoms. The lowest BCUT2D eigenvalue weighted by Gasteiger charge is -2.19. The molecule has 3 rings (SSSR count). The van der Waals surface area contributed by atoms with Gasteiger partial charge in [-0.2, -0.15) is 13.2 Å². The van der Waals surface area contributed by atoms with Crippen LogP contribution in [-0.4, -0.2) is 28.0 Å². The molecule has 0 fully saturated rings. The molecule has 2 N–H and O–H groups in total. The predicted octanol–water partition coefficient (Wildman–Crippen LogP) is 3.35. The molecule has 23 heavy (non-hydrogen) atoms. The summed E-state index contributed by atoms with van der Waals surface area (Å²) in [5.41, 5.74) is -0.282. The van der Waals surface area contributed by atoms with Crippen molar-refractivity contribution in [3.8, 4) is 11.3 Å². The molecule has 6 nitrogen and oxygen atoms in total. The van der Waals surface area contributed by atoms with Gasteiger partial charge in [-0.3, -0.25) is 15.5 Å². The van der Waals surface area contributed by atoms with Crippen LogP contribution >= 0.6 is 0 Å². The van der Waals surface area contributed by atoms with Gasteiger partial charge in [-0.25, -0.2) is 10.0 Å². The first-order chi connectivity index (χ1) is 10.9. The minimum Gasteiger partial charge on any atom is -0.423 e. The molecular formula is C14H11F3N4O2. The number of alkyl halides is 3. The van der Waals surface area contributed by atoms with Crippen LogP contribution in [0, 0.1) is 0 Å². The minimum atomic E-state index is -4.38. The van der Waals surface area contributed by atoms with Crippen LogP contribution in [0.2, 0.25) is 0 Å². The fourth-order valence-corrected chi connectivity index (χ4v) is 1.91. The molecule has 120 valence electrons. The van der Waals surface area contributed by atoms with Crippen molar-refractivity contribution in [3.63, 3.8) is 0 Å². The topological polar surface area (TPSA) is 73.9 Å². The van der Waals surface area contributed by atoms with Crippen LogP contribution in [0.15, 0.2) is 51.9 Å². The highest BCUT2D eigenvalue weighted by Gasteiger charge is 2.30. The lowest BCUT2D eigenvalue weighted by molar-refractivity contribution is -0.137. The molecule has 0 aliphatic carbocycles. The maximum Gasteiger partial charge on any atom is 0.416 e. The third-order valence-corrected chi connectivity index (χ3v) is 3.07. The molecule has 1 aromatic heterocycles. The Morgan fingerprint density at radius 1 is 1.22 bits per heavy atom. The average Bonchev–Trinajstić information content (AvgIpc) is 2.97. The summed E-state index contributed by atoms with van der Waals surface area (Å²) in [7, 11) is 0. The number of hydrogen-bond acceptors (Lipinski definition) is 6. The fraction of sp³-hybridized carbons (Fsp3) is 0.143. The normalized spacial score (nSPS) is 14.8. The second kappa shape index (κ2) is 5.76. The van der Waals surface area contributed by atoms with Gasteiger partial charge in [0, 0.05) is 11.8 Å². The largest absolute Gasteiger partial charge is 0.423 e. The van der Waals surface area contributed by atoms with E-state index in [1.807, 2.05) is 0 Å². The second-order valence-electron chi connectivity index (χ2n) is 4.66. The number of hydroxylamine groups is 2. The summed E-state index contributed by atoms with van der Waals surface area (Å²) >= 11 is 0. The SMILES string of the molecule is ON1CC=NC=C1Nc1ncc(-c2ccc(C(F)(F)F)cc2)o1. The predicted molar refractivity (Wildman–Crippen MR) is 75.6 cm³/mol. The van der Waals surface area contributed by atoms with Crippen LogP contribution in [0.25, 0.3) is 11.3 Å². The number of oxazole rings is 1. The van der Waals surface area contributed by atoms with Crippen LogP contribution in [-0.2, 0) is 6.18 Å². The van der Waals surface area contributed by atoms with Crippen molar-refractivity contribution in [1.82, 2.24) is 10.0 Å². The Morgan fingerprint density at radius 2 is 1.96 bits per heavy atom. The van der Waals surface area contributed by atoms with Gasteiger partial charge in [0.1, 0.15) is 0 Å². The zero-order valence-electron chi connectivity index (χ0n) is 11.6. The Kier molecular flexibility index (Phi) is 3.78. The summed E-state index contributed by atoms with van der Waals surface area (Å²) in [6.45, 7) is 0.214. The molecule has 0 saturated carbocycles. The van der Waals surface area contributed by atoms with E-state index in [0.29, 0.717) is 11.3 Å². The van der Waals surface area contributed by atoms with Crippen LogP contribution in [0.4, 0.5) is 19.2 Å². The standard InChI is InChI=1S/C14H11F3N4O2/c15-14(16,17)10-3-1-9(2-4-10)11-7-19-13(23-11)20-12-8-18-5-6-21(12)22/h1-5,7-8,22H,6H2,(H,19,20). The molecular weight excluding hydrogens is 313 g/mol. The van der Waals surface area contributed by atoms with Gasteiger partial charge in [0.25, 0.3) is 0 Å². The van der Waals surface area contributed by atoms with Crippen molar-refractivity contribution >= 4 is 12.2 Å². The van der Waals surface area contributed by atoms with Crippen molar-refractivity contribution in [3.05, 3.63) is 48.0 Å². The quantitative estimate of drug-likeness (QED) is 0.906. The van der Waals surface area contributed by atoms with Gasteiger partial charge in [0.15, 0.2) is 11.6 Å². The maximum atomic E-state index is 12.5. The number of nitrogens with zero attached hydrogens (tertiary/aromatic N) is 3. The van der Waals surface area contributed by atoms with E-state index < -0.39 is 11.7 Å². The number of hydrogen-bond donors (Lipinski definition) is 2. The summed E-state index contributed by atoms with van der Waals surface area (Å²) in [4.78, 5) is 7.84. The fourth-order valence-electron chi connectivity index (χ4n) is 1.91. The molecule has 2 heterocycles. The number of aromatic nitrogens is 1. The van der Waals surface area contributed by atoms with Crippen molar-refractivity contribution in [2.24, 2.45) is 4.99 Å². The van der Waals surface area contributed by atoms with Crippen molar-refractivity contribution in [2.45, 2.75) is 6.18 Å². The Hall–Kier alpha value is -2.81. The summed E-state index contributed by atoms with van der Waals surface area (Å²) in [6, 6.07) is 4.63. The number of rotatable bonds is 3. The zero-order chi connectivity index (χ0) is 16.4. The first-order valence-electron chi connectivity index (χ1n) is 6.52. The van der Waals surface area contributed by atoms with Gasteiger partial charge in [-0.1, -0.05) is 12.1 Å². The molecule has 2 aromatic rings. The van der Waals surface area contributed by atoms with E-state index >= 15 is 0 Å². The number of benzene rings is 1. The highest BCUT2D eigenvalue weighted by molar-refractivity contribution is 5.63. The van der Waals surface area contributed by atoms with E-state index in [1.54, 1.807) is 0 Å². The highest BCUT2D eigenvalue weighted by atomic mass is 19.4. The second-order valence-corrected chi connectivity index (χ2v) is 4.66. The van der Waals surface area contributed by atoms with E-state index in [4.69, 9.17) is 4.42 Å². The van der Waals surface area contributed by atoms with Crippen molar-refractivity contribution < 1.29 is 22.8 Å². The zero-order valence-corrected chi connectivity index (χ0v) is 11.6. The number of nitrogens with one attached hydrogen (secondary N) is 1. The maximum absolute atomic E-state index is 12.5. The van der Waals surface area contributed by atoms with Crippen molar-refractivity contribution in [1.29, 1.82) is 0 Å². The van der Waals surface area contributed by atoms with Gasteiger partial charge >= 0.3 is 12.2 Å². The van der Waals surface area contributed by atoms with E-state index in [0.717, 1.165) is 17.2 Å². The summed E-state index contributed by atoms with van der Waals surface area (Å²) < 4.78 is 43.0. The number of anilines is 1. The molecule has 0 atom stereocenters. The first-order valence-corrected chi connectivity index (χ1v) is 6.52. The summed E-state index contributed by atoms with van der Waals surface area (Å²) in [6.07, 6.45) is -0.121. The monoisotopic (exact) mass is 324 g/mol. The van der Waals surface area contributed by atoms with Gasteiger partial charge in [-0.05, 0) is 12.1 Å². The molecule has 0 amide bonds. The molecule has 0 saturated heterocycles. The molecule has 0 bridgehead atoms. The van der Waals surface area contributed by atoms with Gasteiger partial charge < -0.3 is 4.42 Å².